The lowest BCUT2D eigenvalue weighted by atomic mass is 10.0. The second-order valence-electron chi connectivity index (χ2n) is 7.33. The molecule has 7 nitrogen and oxygen atoms in total. The van der Waals surface area contributed by atoms with Crippen LogP contribution in [-0.2, 0) is 10.0 Å². The Hall–Kier alpha value is -3.23. The molecule has 31 heavy (non-hydrogen) atoms. The number of nitrogens with zero attached hydrogens (tertiary/aromatic N) is 2. The van der Waals surface area contributed by atoms with Gasteiger partial charge in [0.1, 0.15) is 0 Å². The highest BCUT2D eigenvalue weighted by atomic mass is 35.5. The lowest BCUT2D eigenvalue weighted by Crippen LogP contribution is -2.29. The molecule has 2 aromatic carbocycles. The minimum absolute atomic E-state index is 0.0166. The van der Waals surface area contributed by atoms with Crippen LogP contribution < -0.4 is 9.62 Å². The number of hydrogen-bond donors (Lipinski definition) is 1. The van der Waals surface area contributed by atoms with Crippen LogP contribution in [0.1, 0.15) is 46.0 Å². The van der Waals surface area contributed by atoms with E-state index in [2.05, 4.69) is 9.71 Å². The van der Waals surface area contributed by atoms with Gasteiger partial charge in [-0.2, -0.15) is 0 Å². The predicted octanol–water partition coefficient (Wildman–Crippen LogP) is 4.46. The molecule has 0 radical (unpaired) electrons. The standard InChI is InChI=1S/C22H18ClN3O4S/c1-13(2)14-5-7-16(8-6-14)31(29,30)25-18-10-9-17(23)19-20(18)22(28)26(21(19)27)15-4-3-11-24-12-15/h3-13,25H,1-2H3. The van der Waals surface area contributed by atoms with Crippen molar-refractivity contribution in [2.45, 2.75) is 24.7 Å². The third kappa shape index (κ3) is 3.68. The van der Waals surface area contributed by atoms with Crippen molar-refractivity contribution in [1.29, 1.82) is 0 Å². The molecule has 0 atom stereocenters. The van der Waals surface area contributed by atoms with Crippen LogP contribution in [0, 0.1) is 0 Å². The fourth-order valence-corrected chi connectivity index (χ4v) is 4.68. The van der Waals surface area contributed by atoms with Crippen LogP contribution >= 0.6 is 11.6 Å². The predicted molar refractivity (Wildman–Crippen MR) is 118 cm³/mol. The van der Waals surface area contributed by atoms with Gasteiger partial charge in [0.2, 0.25) is 0 Å². The summed E-state index contributed by atoms with van der Waals surface area (Å²) >= 11 is 6.20. The van der Waals surface area contributed by atoms with Crippen LogP contribution in [-0.4, -0.2) is 25.2 Å². The highest BCUT2D eigenvalue weighted by molar-refractivity contribution is 7.92. The molecule has 0 fully saturated rings. The molecule has 2 amide bonds. The van der Waals surface area contributed by atoms with Crippen molar-refractivity contribution in [3.05, 3.63) is 82.6 Å². The third-order valence-electron chi connectivity index (χ3n) is 4.99. The second kappa shape index (κ2) is 7.79. The summed E-state index contributed by atoms with van der Waals surface area (Å²) in [5.74, 6) is -1.06. The summed E-state index contributed by atoms with van der Waals surface area (Å²) in [6.07, 6.45) is 2.88. The maximum Gasteiger partial charge on any atom is 0.268 e. The van der Waals surface area contributed by atoms with Gasteiger partial charge in [-0.15, -0.1) is 0 Å². The Bertz CT molecular complexity index is 1290. The molecule has 158 valence electrons. The van der Waals surface area contributed by atoms with Gasteiger partial charge in [0.25, 0.3) is 21.8 Å². The number of fused-ring (bicyclic) bond motifs is 1. The summed E-state index contributed by atoms with van der Waals surface area (Å²) in [6.45, 7) is 4.02. The molecule has 0 saturated heterocycles. The van der Waals surface area contributed by atoms with Gasteiger partial charge in [-0.25, -0.2) is 13.3 Å². The van der Waals surface area contributed by atoms with E-state index >= 15 is 0 Å². The molecular formula is C22H18ClN3O4S. The summed E-state index contributed by atoms with van der Waals surface area (Å²) in [5, 5.41) is 0.0592. The van der Waals surface area contributed by atoms with Crippen molar-refractivity contribution in [2.24, 2.45) is 0 Å². The number of benzene rings is 2. The highest BCUT2D eigenvalue weighted by Gasteiger charge is 2.41. The highest BCUT2D eigenvalue weighted by Crippen LogP contribution is 2.37. The molecular weight excluding hydrogens is 438 g/mol. The van der Waals surface area contributed by atoms with E-state index in [0.717, 1.165) is 10.5 Å². The largest absolute Gasteiger partial charge is 0.279 e. The van der Waals surface area contributed by atoms with E-state index in [1.54, 1.807) is 24.3 Å². The Labute approximate surface area is 184 Å². The Morgan fingerprint density at radius 2 is 1.65 bits per heavy atom. The summed E-state index contributed by atoms with van der Waals surface area (Å²) in [6, 6.07) is 12.4. The number of rotatable bonds is 5. The third-order valence-corrected chi connectivity index (χ3v) is 6.69. The normalized spacial score (nSPS) is 13.6. The number of halogens is 1. The lowest BCUT2D eigenvalue weighted by Gasteiger charge is -2.14. The smallest absolute Gasteiger partial charge is 0.268 e. The van der Waals surface area contributed by atoms with Crippen molar-refractivity contribution >= 4 is 44.8 Å². The zero-order chi connectivity index (χ0) is 22.3. The van der Waals surface area contributed by atoms with Crippen LogP contribution in [0.5, 0.6) is 0 Å². The average Bonchev–Trinajstić information content (AvgIpc) is 3.02. The number of sulfonamides is 1. The minimum atomic E-state index is -4.00. The molecule has 0 saturated carbocycles. The molecule has 2 heterocycles. The number of imide groups is 1. The molecule has 0 aliphatic carbocycles. The number of nitrogens with one attached hydrogen (secondary N) is 1. The van der Waals surface area contributed by atoms with E-state index < -0.39 is 21.8 Å². The van der Waals surface area contributed by atoms with E-state index in [1.807, 2.05) is 13.8 Å². The number of amides is 2. The van der Waals surface area contributed by atoms with E-state index in [1.165, 1.54) is 36.7 Å². The fraction of sp³-hybridized carbons (Fsp3) is 0.136. The minimum Gasteiger partial charge on any atom is -0.279 e. The number of hydrogen-bond acceptors (Lipinski definition) is 5. The summed E-state index contributed by atoms with van der Waals surface area (Å²) < 4.78 is 28.3. The molecule has 1 aliphatic rings. The number of anilines is 2. The van der Waals surface area contributed by atoms with Crippen molar-refractivity contribution < 1.29 is 18.0 Å². The summed E-state index contributed by atoms with van der Waals surface area (Å²) in [5.41, 5.74) is 1.11. The van der Waals surface area contributed by atoms with Crippen molar-refractivity contribution in [3.8, 4) is 0 Å². The lowest BCUT2D eigenvalue weighted by molar-refractivity contribution is 0.0926. The number of carbonyl (C=O) groups is 2. The Morgan fingerprint density at radius 1 is 0.968 bits per heavy atom. The first-order valence-corrected chi connectivity index (χ1v) is 11.3. The van der Waals surface area contributed by atoms with E-state index in [0.29, 0.717) is 0 Å². The maximum absolute atomic E-state index is 13.1. The first kappa shape index (κ1) is 21.0. The number of aromatic nitrogens is 1. The zero-order valence-corrected chi connectivity index (χ0v) is 18.2. The van der Waals surface area contributed by atoms with Gasteiger partial charge in [-0.05, 0) is 47.9 Å². The van der Waals surface area contributed by atoms with Gasteiger partial charge in [-0.3, -0.25) is 19.3 Å². The van der Waals surface area contributed by atoms with Crippen LogP contribution in [0.25, 0.3) is 0 Å². The molecule has 0 spiro atoms. The molecule has 1 N–H and O–H groups in total. The molecule has 9 heteroatoms. The maximum atomic E-state index is 13.1. The molecule has 4 rings (SSSR count). The summed E-state index contributed by atoms with van der Waals surface area (Å²) in [7, 11) is -4.00. The Morgan fingerprint density at radius 3 is 2.26 bits per heavy atom. The Kier molecular flexibility index (Phi) is 5.28. The molecule has 3 aromatic rings. The van der Waals surface area contributed by atoms with Gasteiger partial charge in [0, 0.05) is 6.20 Å². The second-order valence-corrected chi connectivity index (χ2v) is 9.42. The quantitative estimate of drug-likeness (QED) is 0.573. The van der Waals surface area contributed by atoms with E-state index in [9.17, 15) is 18.0 Å². The number of pyridine rings is 1. The van der Waals surface area contributed by atoms with Crippen LogP contribution in [0.2, 0.25) is 5.02 Å². The van der Waals surface area contributed by atoms with Gasteiger partial charge in [0.05, 0.1) is 38.6 Å². The van der Waals surface area contributed by atoms with Crippen LogP contribution in [0.4, 0.5) is 11.4 Å². The topological polar surface area (TPSA) is 96.4 Å². The van der Waals surface area contributed by atoms with Gasteiger partial charge in [0.15, 0.2) is 0 Å². The average molecular weight is 456 g/mol. The fourth-order valence-electron chi connectivity index (χ4n) is 3.37. The van der Waals surface area contributed by atoms with Gasteiger partial charge < -0.3 is 0 Å². The van der Waals surface area contributed by atoms with E-state index in [4.69, 9.17) is 11.6 Å². The molecule has 0 bridgehead atoms. The molecule has 1 aromatic heterocycles. The van der Waals surface area contributed by atoms with Crippen molar-refractivity contribution in [1.82, 2.24) is 4.98 Å². The van der Waals surface area contributed by atoms with Gasteiger partial charge >= 0.3 is 0 Å². The first-order chi connectivity index (χ1) is 14.7. The van der Waals surface area contributed by atoms with Crippen molar-refractivity contribution in [3.63, 3.8) is 0 Å². The monoisotopic (exact) mass is 455 g/mol. The first-order valence-electron chi connectivity index (χ1n) is 9.45. The van der Waals surface area contributed by atoms with Crippen LogP contribution in [0.3, 0.4) is 0 Å². The molecule has 1 aliphatic heterocycles. The molecule has 0 unspecified atom stereocenters. The van der Waals surface area contributed by atoms with Crippen LogP contribution in [0.15, 0.2) is 65.8 Å². The summed E-state index contributed by atoms with van der Waals surface area (Å²) in [4.78, 5) is 30.9. The van der Waals surface area contributed by atoms with Gasteiger partial charge in [-0.1, -0.05) is 37.6 Å². The zero-order valence-electron chi connectivity index (χ0n) is 16.7. The number of carbonyl (C=O) groups excluding carboxylic acids is 2. The SMILES string of the molecule is CC(C)c1ccc(S(=O)(=O)Nc2ccc(Cl)c3c2C(=O)N(c2cccnc2)C3=O)cc1. The van der Waals surface area contributed by atoms with E-state index in [-0.39, 0.29) is 38.3 Å². The Balaban J connectivity index is 1.74. The van der Waals surface area contributed by atoms with Crippen molar-refractivity contribution in [2.75, 3.05) is 9.62 Å².